The van der Waals surface area contributed by atoms with Crippen molar-refractivity contribution in [3.8, 4) is 5.75 Å². The summed E-state index contributed by atoms with van der Waals surface area (Å²) in [6.45, 7) is 4.45. The van der Waals surface area contributed by atoms with Gasteiger partial charge >= 0.3 is 0 Å². The van der Waals surface area contributed by atoms with Gasteiger partial charge in [-0.05, 0) is 62.6 Å². The van der Waals surface area contributed by atoms with Crippen LogP contribution in [0.1, 0.15) is 93.5 Å². The van der Waals surface area contributed by atoms with Crippen molar-refractivity contribution in [3.63, 3.8) is 0 Å². The van der Waals surface area contributed by atoms with E-state index < -0.39 is 0 Å². The average Bonchev–Trinajstić information content (AvgIpc) is 3.33. The second-order valence-corrected chi connectivity index (χ2v) is 10.7. The summed E-state index contributed by atoms with van der Waals surface area (Å²) in [5, 5.41) is 4.25. The molecule has 0 saturated heterocycles. The number of benzene rings is 1. The second-order valence-electron chi connectivity index (χ2n) is 10.7. The number of hydrogen-bond acceptors (Lipinski definition) is 4. The average molecular weight is 509 g/mol. The van der Waals surface area contributed by atoms with Gasteiger partial charge < -0.3 is 14.5 Å². The predicted octanol–water partition coefficient (Wildman–Crippen LogP) is 5.39. The van der Waals surface area contributed by atoms with Crippen molar-refractivity contribution in [1.29, 1.82) is 0 Å². The van der Waals surface area contributed by atoms with Crippen LogP contribution in [0.2, 0.25) is 0 Å². The summed E-state index contributed by atoms with van der Waals surface area (Å²) in [6, 6.07) is 7.72. The topological polar surface area (TPSA) is 67.7 Å². The molecule has 1 fully saturated rings. The van der Waals surface area contributed by atoms with Crippen molar-refractivity contribution < 1.29 is 14.3 Å². The Hall–Kier alpha value is -2.83. The van der Waals surface area contributed by atoms with Crippen molar-refractivity contribution in [2.24, 2.45) is 7.05 Å². The van der Waals surface area contributed by atoms with E-state index in [1.807, 2.05) is 48.6 Å². The molecule has 1 aromatic heterocycles. The Balaban J connectivity index is 1.58. The third kappa shape index (κ3) is 7.36. The third-order valence-electron chi connectivity index (χ3n) is 7.78. The Morgan fingerprint density at radius 1 is 1.03 bits per heavy atom. The van der Waals surface area contributed by atoms with Gasteiger partial charge in [-0.1, -0.05) is 44.7 Å². The normalized spacial score (nSPS) is 21.8. The monoisotopic (exact) mass is 508 g/mol. The van der Waals surface area contributed by atoms with E-state index in [0.717, 1.165) is 89.4 Å². The lowest BCUT2D eigenvalue weighted by atomic mass is 9.90. The summed E-state index contributed by atoms with van der Waals surface area (Å²) in [7, 11) is 1.91. The molecule has 7 nitrogen and oxygen atoms in total. The van der Waals surface area contributed by atoms with Gasteiger partial charge in [0.1, 0.15) is 11.9 Å². The lowest BCUT2D eigenvalue weighted by Gasteiger charge is -2.40. The SMILES string of the molecule is CCCN1CCCCCCCN(C(=O)CCc2cnn(C)c2)[C@@H]2CCCC[C@@H]2Oc2ccccc2C1=O. The van der Waals surface area contributed by atoms with Crippen molar-refractivity contribution in [1.82, 2.24) is 19.6 Å². The van der Waals surface area contributed by atoms with Crippen LogP contribution in [0, 0.1) is 0 Å². The van der Waals surface area contributed by atoms with Gasteiger partial charge in [0, 0.05) is 39.3 Å². The molecule has 0 radical (unpaired) electrons. The molecule has 2 heterocycles. The smallest absolute Gasteiger partial charge is 0.257 e. The fourth-order valence-corrected chi connectivity index (χ4v) is 5.82. The first kappa shape index (κ1) is 27.2. The fraction of sp³-hybridized carbons (Fsp3) is 0.633. The van der Waals surface area contributed by atoms with E-state index in [0.29, 0.717) is 24.2 Å². The van der Waals surface area contributed by atoms with E-state index in [1.165, 1.54) is 0 Å². The molecule has 0 spiro atoms. The molecule has 1 aliphatic heterocycles. The Labute approximate surface area is 222 Å². The molecule has 0 bridgehead atoms. The minimum absolute atomic E-state index is 0.0372. The molecule has 4 rings (SSSR count). The zero-order chi connectivity index (χ0) is 26.0. The van der Waals surface area contributed by atoms with Gasteiger partial charge in [-0.15, -0.1) is 0 Å². The van der Waals surface area contributed by atoms with Gasteiger partial charge in [-0.2, -0.15) is 5.10 Å². The summed E-state index contributed by atoms with van der Waals surface area (Å²) in [5.74, 6) is 0.916. The molecule has 0 unspecified atom stereocenters. The van der Waals surface area contributed by atoms with Crippen LogP contribution in [0.4, 0.5) is 0 Å². The molecule has 0 N–H and O–H groups in total. The molecule has 1 saturated carbocycles. The highest BCUT2D eigenvalue weighted by atomic mass is 16.5. The Morgan fingerprint density at radius 3 is 2.57 bits per heavy atom. The number of carbonyl (C=O) groups is 2. The van der Waals surface area contributed by atoms with E-state index in [2.05, 4.69) is 16.9 Å². The Bertz CT molecular complexity index is 1020. The molecule has 1 aromatic carbocycles. The third-order valence-corrected chi connectivity index (χ3v) is 7.78. The van der Waals surface area contributed by atoms with Gasteiger partial charge in [-0.3, -0.25) is 14.3 Å². The number of rotatable bonds is 5. The zero-order valence-electron chi connectivity index (χ0n) is 22.7. The molecule has 2 aliphatic rings. The number of amides is 2. The molecule has 2 amide bonds. The number of nitrogens with zero attached hydrogens (tertiary/aromatic N) is 4. The standard InChI is InChI=1S/C30H44N4O3/c1-3-19-33-20-11-5-4-6-12-21-34(29(35)18-17-24-22-31-32(2)23-24)26-14-8-10-16-28(26)37-27-15-9-7-13-25(27)30(33)36/h7,9,13,15,22-23,26,28H,3-6,8,10-12,14,16-21H2,1-2H3/t26-,28+/m1/s1. The molecule has 7 heteroatoms. The van der Waals surface area contributed by atoms with E-state index in [9.17, 15) is 9.59 Å². The number of para-hydroxylation sites is 1. The minimum atomic E-state index is -0.102. The summed E-state index contributed by atoms with van der Waals surface area (Å²) in [5.41, 5.74) is 1.74. The maximum absolute atomic E-state index is 13.6. The van der Waals surface area contributed by atoms with Crippen LogP contribution in [0.5, 0.6) is 5.75 Å². The molecule has 1 aliphatic carbocycles. The van der Waals surface area contributed by atoms with Gasteiger partial charge in [0.15, 0.2) is 0 Å². The van der Waals surface area contributed by atoms with Crippen LogP contribution >= 0.6 is 0 Å². The van der Waals surface area contributed by atoms with Gasteiger partial charge in [0.2, 0.25) is 5.91 Å². The number of aromatic nitrogens is 2. The van der Waals surface area contributed by atoms with Crippen LogP contribution < -0.4 is 4.74 Å². The molecule has 2 atom stereocenters. The van der Waals surface area contributed by atoms with Crippen LogP contribution in [0.25, 0.3) is 0 Å². The number of carbonyl (C=O) groups excluding carboxylic acids is 2. The first-order chi connectivity index (χ1) is 18.1. The van der Waals surface area contributed by atoms with E-state index in [-0.39, 0.29) is 24.0 Å². The fourth-order valence-electron chi connectivity index (χ4n) is 5.82. The highest BCUT2D eigenvalue weighted by Crippen LogP contribution is 2.31. The zero-order valence-corrected chi connectivity index (χ0v) is 22.7. The summed E-state index contributed by atoms with van der Waals surface area (Å²) >= 11 is 0. The largest absolute Gasteiger partial charge is 0.487 e. The molecule has 37 heavy (non-hydrogen) atoms. The lowest BCUT2D eigenvalue weighted by Crippen LogP contribution is -2.51. The first-order valence-corrected chi connectivity index (χ1v) is 14.4. The highest BCUT2D eigenvalue weighted by Gasteiger charge is 2.35. The predicted molar refractivity (Wildman–Crippen MR) is 146 cm³/mol. The quantitative estimate of drug-likeness (QED) is 0.543. The van der Waals surface area contributed by atoms with Crippen molar-refractivity contribution in [2.75, 3.05) is 19.6 Å². The van der Waals surface area contributed by atoms with Gasteiger partial charge in [0.05, 0.1) is 17.8 Å². The molecular formula is C30H44N4O3. The Morgan fingerprint density at radius 2 is 1.78 bits per heavy atom. The van der Waals surface area contributed by atoms with Crippen molar-refractivity contribution >= 4 is 11.8 Å². The maximum Gasteiger partial charge on any atom is 0.257 e. The summed E-state index contributed by atoms with van der Waals surface area (Å²) in [6.07, 6.45) is 15.2. The summed E-state index contributed by atoms with van der Waals surface area (Å²) < 4.78 is 8.45. The van der Waals surface area contributed by atoms with E-state index >= 15 is 0 Å². The van der Waals surface area contributed by atoms with Crippen molar-refractivity contribution in [2.45, 2.75) is 96.1 Å². The Kier molecular flexibility index (Phi) is 10.0. The van der Waals surface area contributed by atoms with Crippen molar-refractivity contribution in [3.05, 3.63) is 47.8 Å². The number of ether oxygens (including phenoxy) is 1. The molecular weight excluding hydrogens is 464 g/mol. The number of hydrogen-bond donors (Lipinski definition) is 0. The number of aryl methyl sites for hydroxylation is 2. The first-order valence-electron chi connectivity index (χ1n) is 14.4. The molecule has 2 aromatic rings. The lowest BCUT2D eigenvalue weighted by molar-refractivity contribution is -0.136. The highest BCUT2D eigenvalue weighted by molar-refractivity contribution is 5.97. The van der Waals surface area contributed by atoms with Crippen LogP contribution in [0.15, 0.2) is 36.7 Å². The van der Waals surface area contributed by atoms with Crippen LogP contribution in [0.3, 0.4) is 0 Å². The van der Waals surface area contributed by atoms with Crippen LogP contribution in [-0.2, 0) is 18.3 Å². The van der Waals surface area contributed by atoms with Gasteiger partial charge in [-0.25, -0.2) is 0 Å². The van der Waals surface area contributed by atoms with E-state index in [4.69, 9.17) is 4.74 Å². The second kappa shape index (κ2) is 13.6. The van der Waals surface area contributed by atoms with Gasteiger partial charge in [0.25, 0.3) is 5.91 Å². The minimum Gasteiger partial charge on any atom is -0.487 e. The van der Waals surface area contributed by atoms with E-state index in [1.54, 1.807) is 4.68 Å². The molecule has 202 valence electrons. The maximum atomic E-state index is 13.6. The van der Waals surface area contributed by atoms with Crippen LogP contribution in [-0.4, -0.2) is 63.2 Å². The number of fused-ring (bicyclic) bond motifs is 2. The summed E-state index contributed by atoms with van der Waals surface area (Å²) in [4.78, 5) is 31.3.